The van der Waals surface area contributed by atoms with Gasteiger partial charge in [0.1, 0.15) is 5.56 Å². The number of carboxylic acids is 1. The van der Waals surface area contributed by atoms with Gasteiger partial charge in [0.05, 0.1) is 5.69 Å². The van der Waals surface area contributed by atoms with Crippen LogP contribution in [0.15, 0.2) is 0 Å². The number of hydrogen-bond acceptors (Lipinski definition) is 6. The fraction of sp³-hybridized carbons (Fsp3) is 0.615. The molecule has 2 N–H and O–H groups in total. The van der Waals surface area contributed by atoms with Gasteiger partial charge in [-0.1, -0.05) is 0 Å². The molecule has 0 bridgehead atoms. The predicted molar refractivity (Wildman–Crippen MR) is 80.7 cm³/mol. The van der Waals surface area contributed by atoms with Crippen molar-refractivity contribution in [2.45, 2.75) is 13.8 Å². The Morgan fingerprint density at radius 1 is 1.35 bits per heavy atom. The van der Waals surface area contributed by atoms with Crippen LogP contribution in [0.25, 0.3) is 0 Å². The van der Waals surface area contributed by atoms with Crippen LogP contribution in [0.5, 0.6) is 0 Å². The third-order valence-corrected chi connectivity index (χ3v) is 4.44. The molecule has 7 heteroatoms. The quantitative estimate of drug-likeness (QED) is 0.846. The highest BCUT2D eigenvalue weighted by molar-refractivity contribution is 7.99. The Balaban J connectivity index is 1.98. The maximum atomic E-state index is 11.3. The second-order valence-electron chi connectivity index (χ2n) is 4.82. The third-order valence-electron chi connectivity index (χ3n) is 3.49. The van der Waals surface area contributed by atoms with Crippen LogP contribution in [0.4, 0.5) is 5.82 Å². The van der Waals surface area contributed by atoms with Crippen molar-refractivity contribution < 1.29 is 9.90 Å². The second kappa shape index (κ2) is 6.90. The number of carboxylic acid groups (broad SMARTS) is 1. The predicted octanol–water partition coefficient (Wildman–Crippen LogP) is 1.25. The van der Waals surface area contributed by atoms with Crippen LogP contribution in [0.3, 0.4) is 0 Å². The Morgan fingerprint density at radius 3 is 2.70 bits per heavy atom. The van der Waals surface area contributed by atoms with Gasteiger partial charge in [-0.05, 0) is 19.4 Å². The summed E-state index contributed by atoms with van der Waals surface area (Å²) < 4.78 is 0. The molecule has 0 aliphatic carbocycles. The lowest BCUT2D eigenvalue weighted by Gasteiger charge is -2.26. The number of aromatic carboxylic acids is 1. The number of rotatable bonds is 5. The zero-order chi connectivity index (χ0) is 14.5. The molecule has 2 rings (SSSR count). The summed E-state index contributed by atoms with van der Waals surface area (Å²) in [6.07, 6.45) is 0. The first-order chi connectivity index (χ1) is 9.59. The average molecular weight is 296 g/mol. The molecule has 0 saturated carbocycles. The highest BCUT2D eigenvalue weighted by Crippen LogP contribution is 2.18. The average Bonchev–Trinajstić information content (AvgIpc) is 2.43. The SMILES string of the molecule is Cc1nnc(NCCN2CCSCC2)c(C(=O)O)c1C. The lowest BCUT2D eigenvalue weighted by Crippen LogP contribution is -2.36. The number of aromatic nitrogens is 2. The lowest BCUT2D eigenvalue weighted by molar-refractivity contribution is 0.0696. The largest absolute Gasteiger partial charge is 0.478 e. The zero-order valence-electron chi connectivity index (χ0n) is 11.8. The van der Waals surface area contributed by atoms with Crippen LogP contribution >= 0.6 is 11.8 Å². The van der Waals surface area contributed by atoms with Gasteiger partial charge in [-0.2, -0.15) is 16.9 Å². The van der Waals surface area contributed by atoms with E-state index in [0.717, 1.165) is 19.6 Å². The molecule has 1 aliphatic heterocycles. The van der Waals surface area contributed by atoms with Crippen LogP contribution in [0.1, 0.15) is 21.6 Å². The monoisotopic (exact) mass is 296 g/mol. The molecule has 1 aromatic heterocycles. The van der Waals surface area contributed by atoms with E-state index in [4.69, 9.17) is 0 Å². The summed E-state index contributed by atoms with van der Waals surface area (Å²) in [5.41, 5.74) is 1.55. The summed E-state index contributed by atoms with van der Waals surface area (Å²) in [5.74, 6) is 1.75. The number of anilines is 1. The van der Waals surface area contributed by atoms with E-state index in [-0.39, 0.29) is 5.56 Å². The molecule has 20 heavy (non-hydrogen) atoms. The number of nitrogens with zero attached hydrogens (tertiary/aromatic N) is 3. The van der Waals surface area contributed by atoms with E-state index < -0.39 is 5.97 Å². The van der Waals surface area contributed by atoms with Crippen LogP contribution in [-0.2, 0) is 0 Å². The molecule has 0 aromatic carbocycles. The summed E-state index contributed by atoms with van der Waals surface area (Å²) in [5, 5.41) is 20.4. The van der Waals surface area contributed by atoms with Gasteiger partial charge in [-0.15, -0.1) is 5.10 Å². The molecule has 0 spiro atoms. The fourth-order valence-corrected chi connectivity index (χ4v) is 3.13. The Morgan fingerprint density at radius 2 is 2.05 bits per heavy atom. The molecule has 0 atom stereocenters. The van der Waals surface area contributed by atoms with Crippen molar-refractivity contribution in [2.75, 3.05) is 43.0 Å². The minimum atomic E-state index is -0.961. The smallest absolute Gasteiger partial charge is 0.339 e. The van der Waals surface area contributed by atoms with Crippen molar-refractivity contribution in [2.24, 2.45) is 0 Å². The number of carbonyl (C=O) groups is 1. The molecule has 2 heterocycles. The first-order valence-corrected chi connectivity index (χ1v) is 7.86. The maximum absolute atomic E-state index is 11.3. The van der Waals surface area contributed by atoms with Crippen molar-refractivity contribution >= 4 is 23.5 Å². The lowest BCUT2D eigenvalue weighted by atomic mass is 10.1. The summed E-state index contributed by atoms with van der Waals surface area (Å²) in [6, 6.07) is 0. The number of thioether (sulfide) groups is 1. The van der Waals surface area contributed by atoms with Gasteiger partial charge in [0, 0.05) is 37.7 Å². The first kappa shape index (κ1) is 15.1. The van der Waals surface area contributed by atoms with E-state index >= 15 is 0 Å². The zero-order valence-corrected chi connectivity index (χ0v) is 12.7. The number of aryl methyl sites for hydroxylation is 1. The minimum Gasteiger partial charge on any atom is -0.478 e. The summed E-state index contributed by atoms with van der Waals surface area (Å²) >= 11 is 1.98. The summed E-state index contributed by atoms with van der Waals surface area (Å²) in [4.78, 5) is 13.7. The molecule has 0 amide bonds. The summed E-state index contributed by atoms with van der Waals surface area (Å²) in [6.45, 7) is 7.30. The van der Waals surface area contributed by atoms with Crippen molar-refractivity contribution in [1.29, 1.82) is 0 Å². The van der Waals surface area contributed by atoms with Crippen molar-refractivity contribution in [3.8, 4) is 0 Å². The molecular formula is C13H20N4O2S. The van der Waals surface area contributed by atoms with Gasteiger partial charge in [-0.25, -0.2) is 4.79 Å². The molecule has 6 nitrogen and oxygen atoms in total. The van der Waals surface area contributed by atoms with Crippen molar-refractivity contribution in [1.82, 2.24) is 15.1 Å². The highest BCUT2D eigenvalue weighted by atomic mass is 32.2. The minimum absolute atomic E-state index is 0.228. The Kier molecular flexibility index (Phi) is 5.19. The highest BCUT2D eigenvalue weighted by Gasteiger charge is 2.17. The van der Waals surface area contributed by atoms with Gasteiger partial charge in [0.25, 0.3) is 0 Å². The number of hydrogen-bond donors (Lipinski definition) is 2. The van der Waals surface area contributed by atoms with Crippen LogP contribution in [0, 0.1) is 13.8 Å². The van der Waals surface area contributed by atoms with Crippen LogP contribution < -0.4 is 5.32 Å². The molecule has 1 aromatic rings. The molecule has 1 fully saturated rings. The van der Waals surface area contributed by atoms with Gasteiger partial charge in [0.15, 0.2) is 5.82 Å². The van der Waals surface area contributed by atoms with Gasteiger partial charge in [-0.3, -0.25) is 4.90 Å². The normalized spacial score (nSPS) is 16.1. The molecule has 1 aliphatic rings. The number of nitrogens with one attached hydrogen (secondary N) is 1. The van der Waals surface area contributed by atoms with E-state index in [9.17, 15) is 9.90 Å². The van der Waals surface area contributed by atoms with E-state index in [1.807, 2.05) is 11.8 Å². The standard InChI is InChI=1S/C13H20N4O2S/c1-9-10(2)15-16-12(11(9)13(18)19)14-3-4-17-5-7-20-8-6-17/h3-8H2,1-2H3,(H,14,16)(H,18,19). The fourth-order valence-electron chi connectivity index (χ4n) is 2.15. The van der Waals surface area contributed by atoms with E-state index in [1.165, 1.54) is 11.5 Å². The maximum Gasteiger partial charge on any atom is 0.339 e. The first-order valence-electron chi connectivity index (χ1n) is 6.70. The third kappa shape index (κ3) is 3.61. The molecule has 1 saturated heterocycles. The van der Waals surface area contributed by atoms with E-state index in [2.05, 4.69) is 20.4 Å². The Hall–Kier alpha value is -1.34. The van der Waals surface area contributed by atoms with Gasteiger partial charge in [0.2, 0.25) is 0 Å². The van der Waals surface area contributed by atoms with E-state index in [0.29, 0.717) is 23.6 Å². The van der Waals surface area contributed by atoms with Gasteiger partial charge >= 0.3 is 5.97 Å². The van der Waals surface area contributed by atoms with Gasteiger partial charge < -0.3 is 10.4 Å². The van der Waals surface area contributed by atoms with Crippen molar-refractivity contribution in [3.63, 3.8) is 0 Å². The molecule has 110 valence electrons. The van der Waals surface area contributed by atoms with E-state index in [1.54, 1.807) is 13.8 Å². The topological polar surface area (TPSA) is 78.4 Å². The Labute approximate surface area is 123 Å². The second-order valence-corrected chi connectivity index (χ2v) is 6.04. The molecule has 0 unspecified atom stereocenters. The van der Waals surface area contributed by atoms with Crippen LogP contribution in [-0.4, -0.2) is 63.9 Å². The van der Waals surface area contributed by atoms with Crippen LogP contribution in [0.2, 0.25) is 0 Å². The summed E-state index contributed by atoms with van der Waals surface area (Å²) in [7, 11) is 0. The molecular weight excluding hydrogens is 276 g/mol. The molecule has 0 radical (unpaired) electrons. The van der Waals surface area contributed by atoms with Crippen molar-refractivity contribution in [3.05, 3.63) is 16.8 Å². The Bertz CT molecular complexity index is 490.